The lowest BCUT2D eigenvalue weighted by Gasteiger charge is -2.07. The highest BCUT2D eigenvalue weighted by molar-refractivity contribution is 5.86. The molecule has 1 aliphatic rings. The Morgan fingerprint density at radius 2 is 2.09 bits per heavy atom. The van der Waals surface area contributed by atoms with Crippen LogP contribution in [0, 0.1) is 12.7 Å². The maximum atomic E-state index is 14.8. The maximum Gasteiger partial charge on any atom is 0.150 e. The third-order valence-corrected chi connectivity index (χ3v) is 4.23. The van der Waals surface area contributed by atoms with Gasteiger partial charge in [0.05, 0.1) is 0 Å². The molecule has 0 aliphatic heterocycles. The predicted molar refractivity (Wildman–Crippen MR) is 86.8 cm³/mol. The van der Waals surface area contributed by atoms with Gasteiger partial charge in [0, 0.05) is 18.0 Å². The number of halogens is 2. The zero-order valence-corrected chi connectivity index (χ0v) is 13.0. The number of aromatic nitrogens is 3. The number of rotatable bonds is 1. The highest BCUT2D eigenvalue weighted by Gasteiger charge is 2.22. The molecule has 0 amide bonds. The highest BCUT2D eigenvalue weighted by atomic mass is 35.5. The van der Waals surface area contributed by atoms with Gasteiger partial charge in [-0.2, -0.15) is 0 Å². The normalized spacial score (nSPS) is 13.2. The van der Waals surface area contributed by atoms with Crippen LogP contribution in [-0.2, 0) is 12.8 Å². The number of nitrogens with zero attached hydrogens (tertiary/aromatic N) is 3. The van der Waals surface area contributed by atoms with Gasteiger partial charge in [-0.1, -0.05) is 6.07 Å². The second-order valence-electron chi connectivity index (χ2n) is 5.46. The van der Waals surface area contributed by atoms with Crippen LogP contribution in [0.25, 0.3) is 16.8 Å². The molecule has 0 spiro atoms. The summed E-state index contributed by atoms with van der Waals surface area (Å²) in [5.74, 6) is 0.982. The van der Waals surface area contributed by atoms with Crippen molar-refractivity contribution in [2.24, 2.45) is 0 Å². The molecule has 3 aromatic rings. The van der Waals surface area contributed by atoms with Gasteiger partial charge in [0.15, 0.2) is 0 Å². The maximum absolute atomic E-state index is 14.8. The average Bonchev–Trinajstić information content (AvgIpc) is 3.06. The zero-order chi connectivity index (χ0) is 14.6. The van der Waals surface area contributed by atoms with Crippen LogP contribution in [0.3, 0.4) is 0 Å². The number of benzene rings is 1. The quantitative estimate of drug-likeness (QED) is 0.748. The third-order valence-electron chi connectivity index (χ3n) is 4.23. The van der Waals surface area contributed by atoms with Crippen LogP contribution in [0.2, 0.25) is 0 Å². The van der Waals surface area contributed by atoms with Crippen LogP contribution in [-0.4, -0.2) is 14.4 Å². The van der Waals surface area contributed by atoms with E-state index in [0.717, 1.165) is 36.2 Å². The molecule has 4 nitrogen and oxygen atoms in total. The van der Waals surface area contributed by atoms with Crippen LogP contribution in [0.5, 0.6) is 0 Å². The molecule has 22 heavy (non-hydrogen) atoms. The fourth-order valence-corrected chi connectivity index (χ4v) is 3.21. The van der Waals surface area contributed by atoms with E-state index in [1.807, 2.05) is 23.5 Å². The number of fused-ring (bicyclic) bond motifs is 2. The summed E-state index contributed by atoms with van der Waals surface area (Å²) in [6.45, 7) is 1.88. The second kappa shape index (κ2) is 5.25. The molecule has 0 saturated carbocycles. The Labute approximate surface area is 133 Å². The molecule has 1 aromatic carbocycles. The summed E-state index contributed by atoms with van der Waals surface area (Å²) < 4.78 is 16.7. The molecule has 2 heterocycles. The smallest absolute Gasteiger partial charge is 0.150 e. The highest BCUT2D eigenvalue weighted by Crippen LogP contribution is 2.34. The van der Waals surface area contributed by atoms with Crippen molar-refractivity contribution < 1.29 is 4.39 Å². The van der Waals surface area contributed by atoms with E-state index < -0.39 is 0 Å². The Kier molecular flexibility index (Phi) is 3.53. The molecule has 0 radical (unpaired) electrons. The molecular formula is C16H16ClFN4. The molecule has 2 N–H and O–H groups in total. The van der Waals surface area contributed by atoms with Crippen LogP contribution >= 0.6 is 12.4 Å². The number of imidazole rings is 1. The van der Waals surface area contributed by atoms with E-state index in [1.54, 1.807) is 12.4 Å². The second-order valence-corrected chi connectivity index (χ2v) is 5.46. The lowest BCUT2D eigenvalue weighted by atomic mass is 10.0. The number of aryl methyl sites for hydroxylation is 2. The minimum Gasteiger partial charge on any atom is -0.382 e. The number of nitrogen functional groups attached to an aromatic ring is 1. The van der Waals surface area contributed by atoms with Gasteiger partial charge in [-0.3, -0.25) is 4.40 Å². The van der Waals surface area contributed by atoms with Gasteiger partial charge in [0.2, 0.25) is 0 Å². The summed E-state index contributed by atoms with van der Waals surface area (Å²) in [7, 11) is 0. The van der Waals surface area contributed by atoms with Gasteiger partial charge < -0.3 is 5.73 Å². The van der Waals surface area contributed by atoms with Crippen molar-refractivity contribution >= 4 is 23.7 Å². The van der Waals surface area contributed by atoms with Gasteiger partial charge in [0.1, 0.15) is 28.7 Å². The van der Waals surface area contributed by atoms with Crippen LogP contribution < -0.4 is 5.73 Å². The summed E-state index contributed by atoms with van der Waals surface area (Å²) >= 11 is 0. The third kappa shape index (κ3) is 1.96. The van der Waals surface area contributed by atoms with Crippen LogP contribution in [0.1, 0.15) is 23.4 Å². The summed E-state index contributed by atoms with van der Waals surface area (Å²) in [6, 6.07) is 3.82. The minimum atomic E-state index is -0.159. The first kappa shape index (κ1) is 14.8. The first-order chi connectivity index (χ1) is 10.2. The van der Waals surface area contributed by atoms with E-state index in [4.69, 9.17) is 5.73 Å². The van der Waals surface area contributed by atoms with Crippen LogP contribution in [0.4, 0.5) is 10.2 Å². The molecule has 0 fully saturated rings. The first-order valence-corrected chi connectivity index (χ1v) is 7.06. The molecule has 1 aliphatic carbocycles. The van der Waals surface area contributed by atoms with Crippen molar-refractivity contribution in [2.45, 2.75) is 26.2 Å². The molecule has 6 heteroatoms. The molecule has 0 bridgehead atoms. The Bertz CT molecular complexity index is 872. The monoisotopic (exact) mass is 318 g/mol. The van der Waals surface area contributed by atoms with Gasteiger partial charge in [-0.15, -0.1) is 12.4 Å². The minimum absolute atomic E-state index is 0. The lowest BCUT2D eigenvalue weighted by molar-refractivity contribution is 0.616. The van der Waals surface area contributed by atoms with Crippen molar-refractivity contribution in [2.75, 3.05) is 5.73 Å². The van der Waals surface area contributed by atoms with E-state index in [9.17, 15) is 4.39 Å². The lowest BCUT2D eigenvalue weighted by Crippen LogP contribution is -1.98. The molecule has 2 aromatic heterocycles. The summed E-state index contributed by atoms with van der Waals surface area (Å²) in [5.41, 5.74) is 9.68. The Balaban J connectivity index is 0.00000144. The molecule has 0 unspecified atom stereocenters. The van der Waals surface area contributed by atoms with Crippen molar-refractivity contribution in [1.82, 2.24) is 14.4 Å². The summed E-state index contributed by atoms with van der Waals surface area (Å²) in [4.78, 5) is 8.61. The zero-order valence-electron chi connectivity index (χ0n) is 12.1. The first-order valence-electron chi connectivity index (χ1n) is 7.06. The van der Waals surface area contributed by atoms with Gasteiger partial charge in [-0.05, 0) is 43.4 Å². The predicted octanol–water partition coefficient (Wildman–Crippen LogP) is 3.34. The standard InChI is InChI=1S/C16H15FN4.ClH/c1-9-20-14(15-16(18)19-7-8-21(9)15)12-6-5-10-3-2-4-11(10)13(12)17;/h5-8H,2-4H2,1H3,(H2,18,19);1H. The van der Waals surface area contributed by atoms with Gasteiger partial charge in [0.25, 0.3) is 0 Å². The number of anilines is 1. The topological polar surface area (TPSA) is 56.2 Å². The van der Waals surface area contributed by atoms with Crippen molar-refractivity contribution in [3.8, 4) is 11.3 Å². The van der Waals surface area contributed by atoms with Gasteiger partial charge in [-0.25, -0.2) is 14.4 Å². The van der Waals surface area contributed by atoms with E-state index in [-0.39, 0.29) is 18.2 Å². The molecule has 4 rings (SSSR count). The van der Waals surface area contributed by atoms with E-state index in [2.05, 4.69) is 9.97 Å². The Hall–Kier alpha value is -2.14. The van der Waals surface area contributed by atoms with Crippen molar-refractivity contribution in [3.05, 3.63) is 47.3 Å². The number of hydrogen-bond donors (Lipinski definition) is 1. The fourth-order valence-electron chi connectivity index (χ4n) is 3.21. The molecular weight excluding hydrogens is 303 g/mol. The van der Waals surface area contributed by atoms with E-state index in [1.165, 1.54) is 0 Å². The van der Waals surface area contributed by atoms with E-state index >= 15 is 0 Å². The van der Waals surface area contributed by atoms with Crippen molar-refractivity contribution in [1.29, 1.82) is 0 Å². The SMILES string of the molecule is Cc1nc(-c2ccc3c(c2F)CCC3)c2c(N)nccn12.Cl. The van der Waals surface area contributed by atoms with E-state index in [0.29, 0.717) is 22.6 Å². The van der Waals surface area contributed by atoms with Crippen LogP contribution in [0.15, 0.2) is 24.5 Å². The molecule has 114 valence electrons. The van der Waals surface area contributed by atoms with Gasteiger partial charge >= 0.3 is 0 Å². The summed E-state index contributed by atoms with van der Waals surface area (Å²) in [5, 5.41) is 0. The fraction of sp³-hybridized carbons (Fsp3) is 0.250. The Morgan fingerprint density at radius 1 is 1.27 bits per heavy atom. The number of nitrogens with two attached hydrogens (primary N) is 1. The average molecular weight is 319 g/mol. The molecule has 0 saturated heterocycles. The Morgan fingerprint density at radius 3 is 2.91 bits per heavy atom. The number of hydrogen-bond acceptors (Lipinski definition) is 3. The largest absolute Gasteiger partial charge is 0.382 e. The summed E-state index contributed by atoms with van der Waals surface area (Å²) in [6.07, 6.45) is 6.19. The molecule has 0 atom stereocenters. The van der Waals surface area contributed by atoms with Crippen molar-refractivity contribution in [3.63, 3.8) is 0 Å².